The molecule has 0 radical (unpaired) electrons. The monoisotopic (exact) mass is 147 g/mol. The van der Waals surface area contributed by atoms with Gasteiger partial charge in [0.25, 0.3) is 0 Å². The second kappa shape index (κ2) is 6.82. The summed E-state index contributed by atoms with van der Waals surface area (Å²) in [5.74, 6) is 5.69. The molecule has 1 heterocycles. The summed E-state index contributed by atoms with van der Waals surface area (Å²) in [6.07, 6.45) is 3.48. The summed E-state index contributed by atoms with van der Waals surface area (Å²) >= 11 is 0. The van der Waals surface area contributed by atoms with Crippen LogP contribution in [0.15, 0.2) is 24.5 Å². The van der Waals surface area contributed by atoms with Crippen molar-refractivity contribution in [3.8, 4) is 11.8 Å². The molecule has 0 N–H and O–H groups in total. The molecule has 0 saturated carbocycles. The van der Waals surface area contributed by atoms with Crippen LogP contribution in [0, 0.1) is 11.8 Å². The molecule has 11 heavy (non-hydrogen) atoms. The molecular weight excluding hydrogens is 134 g/mol. The van der Waals surface area contributed by atoms with Gasteiger partial charge in [-0.2, -0.15) is 0 Å². The Morgan fingerprint density at radius 3 is 2.55 bits per heavy atom. The number of hydrogen-bond acceptors (Lipinski definition) is 1. The average molecular weight is 147 g/mol. The van der Waals surface area contributed by atoms with Crippen molar-refractivity contribution < 1.29 is 0 Å². The van der Waals surface area contributed by atoms with Gasteiger partial charge in [-0.25, -0.2) is 0 Å². The first-order valence-corrected chi connectivity index (χ1v) is 3.76. The van der Waals surface area contributed by atoms with Crippen LogP contribution < -0.4 is 0 Å². The van der Waals surface area contributed by atoms with Crippen molar-refractivity contribution in [3.63, 3.8) is 0 Å². The van der Waals surface area contributed by atoms with Crippen LogP contribution in [0.1, 0.15) is 26.3 Å². The van der Waals surface area contributed by atoms with Gasteiger partial charge in [0.1, 0.15) is 0 Å². The molecule has 0 unspecified atom stereocenters. The quantitative estimate of drug-likeness (QED) is 0.514. The molecule has 1 rings (SSSR count). The van der Waals surface area contributed by atoms with Crippen LogP contribution in [0.5, 0.6) is 0 Å². The lowest BCUT2D eigenvalue weighted by atomic mass is 10.3. The molecule has 1 aromatic rings. The predicted octanol–water partition coefficient (Wildman–Crippen LogP) is 2.48. The summed E-state index contributed by atoms with van der Waals surface area (Å²) in [5, 5.41) is 0. The van der Waals surface area contributed by atoms with Gasteiger partial charge in [-0.05, 0) is 19.1 Å². The van der Waals surface area contributed by atoms with Gasteiger partial charge in [0.15, 0.2) is 0 Å². The first kappa shape index (κ1) is 9.71. The summed E-state index contributed by atoms with van der Waals surface area (Å²) in [6, 6.07) is 3.81. The number of rotatable bonds is 0. The Hall–Kier alpha value is -1.29. The van der Waals surface area contributed by atoms with Crippen molar-refractivity contribution in [2.24, 2.45) is 0 Å². The average Bonchev–Trinajstić information content (AvgIpc) is 2.11. The maximum atomic E-state index is 3.90. The number of aromatic nitrogens is 1. The minimum Gasteiger partial charge on any atom is -0.263 e. The van der Waals surface area contributed by atoms with E-state index in [1.165, 1.54) is 0 Å². The zero-order valence-corrected chi connectivity index (χ0v) is 7.26. The Morgan fingerprint density at radius 1 is 1.36 bits per heavy atom. The minimum absolute atomic E-state index is 0.972. The van der Waals surface area contributed by atoms with Crippen LogP contribution in [0.25, 0.3) is 0 Å². The molecule has 0 spiro atoms. The van der Waals surface area contributed by atoms with Crippen molar-refractivity contribution in [1.82, 2.24) is 4.98 Å². The number of nitrogens with zero attached hydrogens (tertiary/aromatic N) is 1. The van der Waals surface area contributed by atoms with Gasteiger partial charge in [-0.1, -0.05) is 19.8 Å². The van der Waals surface area contributed by atoms with Gasteiger partial charge >= 0.3 is 0 Å². The first-order valence-electron chi connectivity index (χ1n) is 3.76. The molecule has 0 aliphatic heterocycles. The summed E-state index contributed by atoms with van der Waals surface area (Å²) in [7, 11) is 0. The third-order valence-corrected chi connectivity index (χ3v) is 0.931. The first-order chi connectivity index (χ1) is 5.43. The van der Waals surface area contributed by atoms with Gasteiger partial charge in [-0.15, -0.1) is 5.92 Å². The van der Waals surface area contributed by atoms with Gasteiger partial charge in [0.2, 0.25) is 0 Å². The van der Waals surface area contributed by atoms with E-state index in [2.05, 4.69) is 16.8 Å². The third kappa shape index (κ3) is 4.16. The van der Waals surface area contributed by atoms with Gasteiger partial charge in [-0.3, -0.25) is 4.98 Å². The highest BCUT2D eigenvalue weighted by atomic mass is 14.6. The van der Waals surface area contributed by atoms with Crippen molar-refractivity contribution in [1.29, 1.82) is 0 Å². The molecular formula is C10H13N. The normalized spacial score (nSPS) is 6.82. The SMILES string of the molecule is CC.CC#Cc1cccnc1. The van der Waals surface area contributed by atoms with E-state index < -0.39 is 0 Å². The fourth-order valence-electron chi connectivity index (χ4n) is 0.581. The molecule has 0 aromatic carbocycles. The third-order valence-electron chi connectivity index (χ3n) is 0.931. The summed E-state index contributed by atoms with van der Waals surface area (Å²) in [5.41, 5.74) is 0.972. The van der Waals surface area contributed by atoms with E-state index in [0.29, 0.717) is 0 Å². The van der Waals surface area contributed by atoms with E-state index in [-0.39, 0.29) is 0 Å². The Bertz CT molecular complexity index is 228. The molecule has 1 heteroatoms. The van der Waals surface area contributed by atoms with Gasteiger partial charge < -0.3 is 0 Å². The van der Waals surface area contributed by atoms with E-state index in [1.54, 1.807) is 12.4 Å². The molecule has 1 nitrogen and oxygen atoms in total. The van der Waals surface area contributed by atoms with Gasteiger partial charge in [0.05, 0.1) is 0 Å². The molecule has 1 aromatic heterocycles. The minimum atomic E-state index is 0.972. The molecule has 0 atom stereocenters. The maximum absolute atomic E-state index is 3.90. The lowest BCUT2D eigenvalue weighted by Gasteiger charge is -1.82. The molecule has 0 fully saturated rings. The molecule has 0 saturated heterocycles. The lowest BCUT2D eigenvalue weighted by molar-refractivity contribution is 1.31. The van der Waals surface area contributed by atoms with Gasteiger partial charge in [0, 0.05) is 18.0 Å². The van der Waals surface area contributed by atoms with E-state index in [1.807, 2.05) is 32.9 Å². The smallest absolute Gasteiger partial charge is 0.0428 e. The van der Waals surface area contributed by atoms with Crippen molar-refractivity contribution >= 4 is 0 Å². The van der Waals surface area contributed by atoms with Crippen LogP contribution in [-0.4, -0.2) is 4.98 Å². The zero-order chi connectivity index (χ0) is 8.53. The van der Waals surface area contributed by atoms with Crippen LogP contribution in [0.2, 0.25) is 0 Å². The predicted molar refractivity (Wildman–Crippen MR) is 48.1 cm³/mol. The summed E-state index contributed by atoms with van der Waals surface area (Å²) < 4.78 is 0. The second-order valence-electron chi connectivity index (χ2n) is 1.62. The fraction of sp³-hybridized carbons (Fsp3) is 0.300. The van der Waals surface area contributed by atoms with Crippen LogP contribution >= 0.6 is 0 Å². The summed E-state index contributed by atoms with van der Waals surface area (Å²) in [6.45, 7) is 5.81. The van der Waals surface area contributed by atoms with E-state index in [9.17, 15) is 0 Å². The van der Waals surface area contributed by atoms with Crippen molar-refractivity contribution in [2.75, 3.05) is 0 Å². The Labute approximate surface area is 68.5 Å². The number of pyridine rings is 1. The van der Waals surface area contributed by atoms with Crippen LogP contribution in [-0.2, 0) is 0 Å². The molecule has 0 amide bonds. The topological polar surface area (TPSA) is 12.9 Å². The Kier molecular flexibility index (Phi) is 6.02. The van der Waals surface area contributed by atoms with Crippen LogP contribution in [0.3, 0.4) is 0 Å². The Morgan fingerprint density at radius 2 is 2.09 bits per heavy atom. The molecule has 0 aliphatic carbocycles. The van der Waals surface area contributed by atoms with Crippen molar-refractivity contribution in [3.05, 3.63) is 30.1 Å². The van der Waals surface area contributed by atoms with E-state index >= 15 is 0 Å². The summed E-state index contributed by atoms with van der Waals surface area (Å²) in [4.78, 5) is 3.90. The largest absolute Gasteiger partial charge is 0.263 e. The molecule has 0 bridgehead atoms. The Balaban J connectivity index is 0.000000461. The number of hydrogen-bond donors (Lipinski definition) is 0. The zero-order valence-electron chi connectivity index (χ0n) is 7.26. The maximum Gasteiger partial charge on any atom is 0.0428 e. The molecule has 58 valence electrons. The molecule has 0 aliphatic rings. The standard InChI is InChI=1S/C8H7N.C2H6/c1-2-4-8-5-3-6-9-7-8;1-2/h3,5-7H,1H3;1-2H3. The van der Waals surface area contributed by atoms with E-state index in [4.69, 9.17) is 0 Å². The highest BCUT2D eigenvalue weighted by Crippen LogP contribution is 1.90. The fourth-order valence-corrected chi connectivity index (χ4v) is 0.581. The van der Waals surface area contributed by atoms with E-state index in [0.717, 1.165) is 5.56 Å². The van der Waals surface area contributed by atoms with Crippen molar-refractivity contribution in [2.45, 2.75) is 20.8 Å². The lowest BCUT2D eigenvalue weighted by Crippen LogP contribution is -1.73. The second-order valence-corrected chi connectivity index (χ2v) is 1.62. The highest BCUT2D eigenvalue weighted by Gasteiger charge is 1.78. The van der Waals surface area contributed by atoms with Crippen LogP contribution in [0.4, 0.5) is 0 Å². The highest BCUT2D eigenvalue weighted by molar-refractivity contribution is 5.30.